The zero-order valence-corrected chi connectivity index (χ0v) is 38.0. The number of hydrogen-bond acceptors (Lipinski definition) is 2. The fourth-order valence-corrected chi connectivity index (χ4v) is 11.2. The SMILES string of the molecule is c1ccc(N(c2ccc3ccccc3c2)c2ccc(-c3ccc(N(c4ccc5c(c4)C(c4ccccc4)(c4ccccc4)c4ccccc4-5)c4cccc5ccccc45)cc3)c3ccccc23)cc1. The van der Waals surface area contributed by atoms with E-state index in [2.05, 4.69) is 289 Å². The van der Waals surface area contributed by atoms with Gasteiger partial charge in [-0.25, -0.2) is 0 Å². The van der Waals surface area contributed by atoms with Crippen molar-refractivity contribution in [2.45, 2.75) is 5.41 Å². The van der Waals surface area contributed by atoms with Crippen molar-refractivity contribution in [2.24, 2.45) is 0 Å². The van der Waals surface area contributed by atoms with E-state index in [0.29, 0.717) is 0 Å². The zero-order chi connectivity index (χ0) is 45.7. The molecule has 0 unspecified atom stereocenters. The summed E-state index contributed by atoms with van der Waals surface area (Å²) in [6, 6.07) is 102. The maximum atomic E-state index is 2.46. The van der Waals surface area contributed by atoms with Crippen molar-refractivity contribution < 1.29 is 0 Å². The van der Waals surface area contributed by atoms with Crippen LogP contribution >= 0.6 is 0 Å². The Kier molecular flexibility index (Phi) is 9.77. The molecule has 1 aliphatic carbocycles. The molecular weight excluding hydrogens is 833 g/mol. The van der Waals surface area contributed by atoms with Crippen molar-refractivity contribution >= 4 is 66.4 Å². The minimum atomic E-state index is -0.518. The number of anilines is 6. The molecule has 1 aliphatic rings. The average Bonchev–Trinajstić information content (AvgIpc) is 3.72. The molecule has 69 heavy (non-hydrogen) atoms. The minimum Gasteiger partial charge on any atom is -0.310 e. The van der Waals surface area contributed by atoms with Crippen LogP contribution in [-0.4, -0.2) is 0 Å². The summed E-state index contributed by atoms with van der Waals surface area (Å²) in [6.45, 7) is 0. The number of benzene rings is 12. The second-order valence-corrected chi connectivity index (χ2v) is 18.0. The van der Waals surface area contributed by atoms with Crippen LogP contribution in [0.4, 0.5) is 34.1 Å². The van der Waals surface area contributed by atoms with Gasteiger partial charge < -0.3 is 9.80 Å². The van der Waals surface area contributed by atoms with Crippen LogP contribution in [0.3, 0.4) is 0 Å². The molecule has 0 aromatic heterocycles. The molecule has 0 saturated heterocycles. The van der Waals surface area contributed by atoms with Gasteiger partial charge in [0.05, 0.1) is 16.8 Å². The van der Waals surface area contributed by atoms with E-state index < -0.39 is 5.41 Å². The molecule has 13 rings (SSSR count). The lowest BCUT2D eigenvalue weighted by molar-refractivity contribution is 0.768. The largest absolute Gasteiger partial charge is 0.310 e. The summed E-state index contributed by atoms with van der Waals surface area (Å²) in [5, 5.41) is 7.23. The van der Waals surface area contributed by atoms with Gasteiger partial charge in [-0.2, -0.15) is 0 Å². The van der Waals surface area contributed by atoms with Crippen molar-refractivity contribution in [1.29, 1.82) is 0 Å². The summed E-state index contributed by atoms with van der Waals surface area (Å²) in [5.41, 5.74) is 16.1. The Hall–Kier alpha value is -8.98. The second kappa shape index (κ2) is 16.7. The first-order valence-electron chi connectivity index (χ1n) is 23.8. The molecule has 0 N–H and O–H groups in total. The maximum absolute atomic E-state index is 2.46. The molecule has 0 atom stereocenters. The number of nitrogens with zero attached hydrogens (tertiary/aromatic N) is 2. The molecule has 0 heterocycles. The second-order valence-electron chi connectivity index (χ2n) is 18.0. The van der Waals surface area contributed by atoms with Crippen LogP contribution in [0.1, 0.15) is 22.3 Å². The Morgan fingerprint density at radius 1 is 0.246 bits per heavy atom. The van der Waals surface area contributed by atoms with Crippen molar-refractivity contribution in [2.75, 3.05) is 9.80 Å². The number of hydrogen-bond donors (Lipinski definition) is 0. The third kappa shape index (κ3) is 6.64. The van der Waals surface area contributed by atoms with Crippen molar-refractivity contribution in [1.82, 2.24) is 0 Å². The number of fused-ring (bicyclic) bond motifs is 6. The van der Waals surface area contributed by atoms with Gasteiger partial charge in [-0.05, 0) is 127 Å². The summed E-state index contributed by atoms with van der Waals surface area (Å²) in [5.74, 6) is 0. The van der Waals surface area contributed by atoms with E-state index >= 15 is 0 Å². The van der Waals surface area contributed by atoms with Crippen LogP contribution in [0, 0.1) is 0 Å². The number of rotatable bonds is 9. The van der Waals surface area contributed by atoms with Crippen molar-refractivity contribution in [3.05, 3.63) is 301 Å². The summed E-state index contributed by atoms with van der Waals surface area (Å²) < 4.78 is 0. The Labute approximate surface area is 403 Å². The van der Waals surface area contributed by atoms with Gasteiger partial charge in [0.25, 0.3) is 0 Å². The van der Waals surface area contributed by atoms with Crippen molar-refractivity contribution in [3.8, 4) is 22.3 Å². The Bertz CT molecular complexity index is 3800. The van der Waals surface area contributed by atoms with Crippen LogP contribution < -0.4 is 9.80 Å². The third-order valence-corrected chi connectivity index (χ3v) is 14.3. The Balaban J connectivity index is 0.969. The quantitative estimate of drug-likeness (QED) is 0.143. The zero-order valence-electron chi connectivity index (χ0n) is 38.0. The molecule has 0 amide bonds. The first-order chi connectivity index (χ1) is 34.2. The maximum Gasteiger partial charge on any atom is 0.0714 e. The molecule has 2 heteroatoms. The average molecular weight is 879 g/mol. The lowest BCUT2D eigenvalue weighted by atomic mass is 9.67. The van der Waals surface area contributed by atoms with Gasteiger partial charge in [0, 0.05) is 33.5 Å². The molecule has 0 aliphatic heterocycles. The van der Waals surface area contributed by atoms with Crippen LogP contribution in [0.25, 0.3) is 54.6 Å². The highest BCUT2D eigenvalue weighted by Crippen LogP contribution is 2.57. The summed E-state index contributed by atoms with van der Waals surface area (Å²) in [7, 11) is 0. The molecular formula is C67H46N2. The van der Waals surface area contributed by atoms with E-state index in [4.69, 9.17) is 0 Å². The highest BCUT2D eigenvalue weighted by atomic mass is 15.1. The smallest absolute Gasteiger partial charge is 0.0714 e. The van der Waals surface area contributed by atoms with Crippen LogP contribution in [0.5, 0.6) is 0 Å². The molecule has 0 bridgehead atoms. The molecule has 0 fully saturated rings. The molecule has 0 spiro atoms. The predicted octanol–water partition coefficient (Wildman–Crippen LogP) is 18.1. The van der Waals surface area contributed by atoms with Gasteiger partial charge >= 0.3 is 0 Å². The lowest BCUT2D eigenvalue weighted by Gasteiger charge is -2.35. The monoisotopic (exact) mass is 878 g/mol. The summed E-state index contributed by atoms with van der Waals surface area (Å²) in [6.07, 6.45) is 0. The Morgan fingerprint density at radius 2 is 0.739 bits per heavy atom. The van der Waals surface area contributed by atoms with Gasteiger partial charge in [0.1, 0.15) is 0 Å². The molecule has 2 nitrogen and oxygen atoms in total. The van der Waals surface area contributed by atoms with E-state index in [1.807, 2.05) is 0 Å². The molecule has 12 aromatic carbocycles. The minimum absolute atomic E-state index is 0.518. The lowest BCUT2D eigenvalue weighted by Crippen LogP contribution is -2.28. The van der Waals surface area contributed by atoms with Gasteiger partial charge in [0.2, 0.25) is 0 Å². The van der Waals surface area contributed by atoms with Crippen molar-refractivity contribution in [3.63, 3.8) is 0 Å². The van der Waals surface area contributed by atoms with E-state index in [9.17, 15) is 0 Å². The summed E-state index contributed by atoms with van der Waals surface area (Å²) in [4.78, 5) is 4.85. The van der Waals surface area contributed by atoms with E-state index in [1.165, 1.54) is 71.3 Å². The first-order valence-corrected chi connectivity index (χ1v) is 23.8. The number of para-hydroxylation sites is 1. The van der Waals surface area contributed by atoms with Gasteiger partial charge in [-0.3, -0.25) is 0 Å². The normalized spacial score (nSPS) is 12.5. The van der Waals surface area contributed by atoms with E-state index in [-0.39, 0.29) is 0 Å². The van der Waals surface area contributed by atoms with Gasteiger partial charge in [-0.1, -0.05) is 218 Å². The summed E-state index contributed by atoms with van der Waals surface area (Å²) >= 11 is 0. The van der Waals surface area contributed by atoms with Gasteiger partial charge in [0.15, 0.2) is 0 Å². The van der Waals surface area contributed by atoms with E-state index in [1.54, 1.807) is 0 Å². The third-order valence-electron chi connectivity index (χ3n) is 14.3. The highest BCUT2D eigenvalue weighted by Gasteiger charge is 2.46. The highest BCUT2D eigenvalue weighted by molar-refractivity contribution is 6.07. The van der Waals surface area contributed by atoms with Crippen LogP contribution in [-0.2, 0) is 5.41 Å². The molecule has 0 radical (unpaired) electrons. The Morgan fingerprint density at radius 3 is 1.48 bits per heavy atom. The topological polar surface area (TPSA) is 6.48 Å². The predicted molar refractivity (Wildman–Crippen MR) is 291 cm³/mol. The molecule has 324 valence electrons. The fourth-order valence-electron chi connectivity index (χ4n) is 11.2. The van der Waals surface area contributed by atoms with Gasteiger partial charge in [-0.15, -0.1) is 0 Å². The molecule has 0 saturated carbocycles. The first kappa shape index (κ1) is 40.3. The fraction of sp³-hybridized carbons (Fsp3) is 0.0149. The van der Waals surface area contributed by atoms with Crippen LogP contribution in [0.15, 0.2) is 279 Å². The van der Waals surface area contributed by atoms with E-state index in [0.717, 1.165) is 39.7 Å². The van der Waals surface area contributed by atoms with Crippen LogP contribution in [0.2, 0.25) is 0 Å². The molecule has 12 aromatic rings. The standard InChI is InChI=1S/C67H46N2/c1-4-23-51(24-5-1)67(52-25-6-2-7-26-52)63-33-17-16-31-60(63)61-42-41-56(46-64(61)67)69(65-34-18-22-48-20-12-13-29-58(48)65)54-38-36-49(37-39-54)57-43-44-66(62-32-15-14-30-59(57)62)68(53-27-8-3-9-28-53)55-40-35-47-19-10-11-21-50(47)45-55/h1-46H.